The van der Waals surface area contributed by atoms with E-state index in [1.54, 1.807) is 6.92 Å². The standard InChI is InChI=1S/C13H19ClN2O3S/c1-8-7-16(4-3-13(8)17)20(18,19)10-5-11(14)9(2)12(15)6-10/h5-6,8,13,17H,3-4,7,15H2,1-2H3. The number of piperidine rings is 1. The molecule has 1 aliphatic heterocycles. The minimum atomic E-state index is -3.62. The van der Waals surface area contributed by atoms with E-state index in [9.17, 15) is 13.5 Å². The first-order valence-electron chi connectivity index (χ1n) is 6.47. The number of aliphatic hydroxyl groups is 1. The van der Waals surface area contributed by atoms with Gasteiger partial charge in [0, 0.05) is 23.8 Å². The van der Waals surface area contributed by atoms with Crippen molar-refractivity contribution in [2.45, 2.75) is 31.3 Å². The van der Waals surface area contributed by atoms with E-state index >= 15 is 0 Å². The summed E-state index contributed by atoms with van der Waals surface area (Å²) in [6.07, 6.45) is -0.0109. The molecule has 112 valence electrons. The van der Waals surface area contributed by atoms with E-state index in [1.165, 1.54) is 16.4 Å². The molecule has 0 aromatic heterocycles. The van der Waals surface area contributed by atoms with Gasteiger partial charge in [-0.3, -0.25) is 0 Å². The van der Waals surface area contributed by atoms with Crippen LogP contribution in [-0.4, -0.2) is 37.0 Å². The summed E-state index contributed by atoms with van der Waals surface area (Å²) in [5.74, 6) is -0.0863. The minimum absolute atomic E-state index is 0.0863. The second-order valence-corrected chi connectivity index (χ2v) is 7.66. The van der Waals surface area contributed by atoms with Crippen molar-refractivity contribution in [1.82, 2.24) is 4.31 Å². The van der Waals surface area contributed by atoms with E-state index in [2.05, 4.69) is 0 Å². The van der Waals surface area contributed by atoms with Gasteiger partial charge in [-0.2, -0.15) is 4.31 Å². The molecule has 0 spiro atoms. The molecule has 0 radical (unpaired) electrons. The van der Waals surface area contributed by atoms with Crippen LogP contribution in [-0.2, 0) is 10.0 Å². The van der Waals surface area contributed by atoms with Gasteiger partial charge in [-0.25, -0.2) is 8.42 Å². The zero-order chi connectivity index (χ0) is 15.1. The molecule has 1 saturated heterocycles. The quantitative estimate of drug-likeness (QED) is 0.812. The molecule has 0 saturated carbocycles. The van der Waals surface area contributed by atoms with Crippen LogP contribution < -0.4 is 5.73 Å². The van der Waals surface area contributed by atoms with Crippen LogP contribution in [0.25, 0.3) is 0 Å². The normalized spacial score (nSPS) is 24.8. The summed E-state index contributed by atoms with van der Waals surface area (Å²) in [5, 5.41) is 10.0. The average molecular weight is 319 g/mol. The zero-order valence-corrected chi connectivity index (χ0v) is 13.1. The fourth-order valence-corrected chi connectivity index (χ4v) is 4.19. The van der Waals surface area contributed by atoms with E-state index in [0.29, 0.717) is 35.8 Å². The molecule has 20 heavy (non-hydrogen) atoms. The Hall–Kier alpha value is -0.820. The van der Waals surface area contributed by atoms with Gasteiger partial charge in [0.1, 0.15) is 0 Å². The van der Waals surface area contributed by atoms with Crippen molar-refractivity contribution < 1.29 is 13.5 Å². The lowest BCUT2D eigenvalue weighted by molar-refractivity contribution is 0.0628. The van der Waals surface area contributed by atoms with Crippen molar-refractivity contribution in [2.24, 2.45) is 5.92 Å². The van der Waals surface area contributed by atoms with Gasteiger partial charge in [0.15, 0.2) is 0 Å². The van der Waals surface area contributed by atoms with Crippen LogP contribution in [0.1, 0.15) is 18.9 Å². The van der Waals surface area contributed by atoms with Crippen LogP contribution in [0.2, 0.25) is 5.02 Å². The molecule has 5 nitrogen and oxygen atoms in total. The number of hydrogen-bond donors (Lipinski definition) is 2. The average Bonchev–Trinajstić information content (AvgIpc) is 2.38. The number of sulfonamides is 1. The predicted octanol–water partition coefficient (Wildman–Crippen LogP) is 1.62. The highest BCUT2D eigenvalue weighted by Crippen LogP contribution is 2.29. The maximum Gasteiger partial charge on any atom is 0.243 e. The molecule has 0 bridgehead atoms. The number of halogens is 1. The number of benzene rings is 1. The number of anilines is 1. The van der Waals surface area contributed by atoms with Crippen molar-refractivity contribution >= 4 is 27.3 Å². The summed E-state index contributed by atoms with van der Waals surface area (Å²) in [6.45, 7) is 4.18. The van der Waals surface area contributed by atoms with Crippen molar-refractivity contribution in [3.63, 3.8) is 0 Å². The fourth-order valence-electron chi connectivity index (χ4n) is 2.29. The van der Waals surface area contributed by atoms with Crippen molar-refractivity contribution in [2.75, 3.05) is 18.8 Å². The van der Waals surface area contributed by atoms with E-state index in [-0.39, 0.29) is 10.8 Å². The summed E-state index contributed by atoms with van der Waals surface area (Å²) in [5.41, 5.74) is 6.83. The van der Waals surface area contributed by atoms with E-state index in [1.807, 2.05) is 6.92 Å². The van der Waals surface area contributed by atoms with Gasteiger partial charge in [0.05, 0.1) is 11.0 Å². The zero-order valence-electron chi connectivity index (χ0n) is 11.5. The van der Waals surface area contributed by atoms with Crippen LogP contribution in [0.5, 0.6) is 0 Å². The lowest BCUT2D eigenvalue weighted by atomic mass is 9.99. The number of rotatable bonds is 2. The molecule has 1 fully saturated rings. The molecule has 0 amide bonds. The Morgan fingerprint density at radius 1 is 1.45 bits per heavy atom. The third kappa shape index (κ3) is 2.79. The van der Waals surface area contributed by atoms with Crippen molar-refractivity contribution in [1.29, 1.82) is 0 Å². The number of nitrogen functional groups attached to an aromatic ring is 1. The van der Waals surface area contributed by atoms with Gasteiger partial charge < -0.3 is 10.8 Å². The Labute approximate surface area is 124 Å². The third-order valence-electron chi connectivity index (χ3n) is 3.82. The highest BCUT2D eigenvalue weighted by atomic mass is 35.5. The largest absolute Gasteiger partial charge is 0.398 e. The highest BCUT2D eigenvalue weighted by molar-refractivity contribution is 7.89. The molecule has 3 N–H and O–H groups in total. The summed E-state index contributed by atoms with van der Waals surface area (Å²) in [7, 11) is -3.62. The first-order valence-corrected chi connectivity index (χ1v) is 8.29. The second kappa shape index (κ2) is 5.52. The minimum Gasteiger partial charge on any atom is -0.398 e. The van der Waals surface area contributed by atoms with Gasteiger partial charge in [-0.15, -0.1) is 0 Å². The number of nitrogens with zero attached hydrogens (tertiary/aromatic N) is 1. The van der Waals surface area contributed by atoms with Gasteiger partial charge in [0.2, 0.25) is 10.0 Å². The molecule has 1 heterocycles. The summed E-state index contributed by atoms with van der Waals surface area (Å²) in [6, 6.07) is 2.87. The smallest absolute Gasteiger partial charge is 0.243 e. The Morgan fingerprint density at radius 2 is 2.10 bits per heavy atom. The summed E-state index contributed by atoms with van der Waals surface area (Å²) < 4.78 is 26.6. The van der Waals surface area contributed by atoms with Crippen LogP contribution in [0.3, 0.4) is 0 Å². The van der Waals surface area contributed by atoms with Gasteiger partial charge in [-0.1, -0.05) is 18.5 Å². The van der Waals surface area contributed by atoms with Gasteiger partial charge in [0.25, 0.3) is 0 Å². The maximum atomic E-state index is 12.6. The molecule has 2 rings (SSSR count). The molecule has 0 aliphatic carbocycles. The van der Waals surface area contributed by atoms with E-state index in [0.717, 1.165) is 0 Å². The Morgan fingerprint density at radius 3 is 2.65 bits per heavy atom. The van der Waals surface area contributed by atoms with Crippen molar-refractivity contribution in [3.05, 3.63) is 22.7 Å². The predicted molar refractivity (Wildman–Crippen MR) is 79.1 cm³/mol. The van der Waals surface area contributed by atoms with Gasteiger partial charge in [-0.05, 0) is 37.0 Å². The summed E-state index contributed by atoms with van der Waals surface area (Å²) in [4.78, 5) is 0.106. The fraction of sp³-hybridized carbons (Fsp3) is 0.538. The molecule has 1 aliphatic rings. The highest BCUT2D eigenvalue weighted by Gasteiger charge is 2.33. The van der Waals surface area contributed by atoms with E-state index in [4.69, 9.17) is 17.3 Å². The number of nitrogens with two attached hydrogens (primary N) is 1. The van der Waals surface area contributed by atoms with Crippen LogP contribution in [0.15, 0.2) is 17.0 Å². The van der Waals surface area contributed by atoms with Gasteiger partial charge >= 0.3 is 0 Å². The lowest BCUT2D eigenvalue weighted by Gasteiger charge is -2.33. The summed E-state index contributed by atoms with van der Waals surface area (Å²) >= 11 is 6.01. The lowest BCUT2D eigenvalue weighted by Crippen LogP contribution is -2.44. The molecule has 2 unspecified atom stereocenters. The van der Waals surface area contributed by atoms with Crippen LogP contribution in [0, 0.1) is 12.8 Å². The molecular formula is C13H19ClN2O3S. The maximum absolute atomic E-state index is 12.6. The monoisotopic (exact) mass is 318 g/mol. The molecule has 1 aromatic rings. The SMILES string of the molecule is Cc1c(N)cc(S(=O)(=O)N2CCC(O)C(C)C2)cc1Cl. The topological polar surface area (TPSA) is 83.6 Å². The van der Waals surface area contributed by atoms with Crippen LogP contribution in [0.4, 0.5) is 5.69 Å². The van der Waals surface area contributed by atoms with E-state index < -0.39 is 16.1 Å². The second-order valence-electron chi connectivity index (χ2n) is 5.32. The van der Waals surface area contributed by atoms with Crippen molar-refractivity contribution in [3.8, 4) is 0 Å². The number of aliphatic hydroxyl groups excluding tert-OH is 1. The Balaban J connectivity index is 2.36. The molecule has 7 heteroatoms. The number of hydrogen-bond acceptors (Lipinski definition) is 4. The molecule has 2 atom stereocenters. The first kappa shape index (κ1) is 15.6. The Bertz CT molecular complexity index is 595. The molecule has 1 aromatic carbocycles. The first-order chi connectivity index (χ1) is 9.23. The third-order valence-corrected chi connectivity index (χ3v) is 6.05. The molecular weight excluding hydrogens is 300 g/mol. The Kier molecular flexibility index (Phi) is 4.30. The van der Waals surface area contributed by atoms with Crippen LogP contribution >= 0.6 is 11.6 Å².